The minimum absolute atomic E-state index is 0. The van der Waals surface area contributed by atoms with Crippen LogP contribution in [0.1, 0.15) is 36.5 Å². The van der Waals surface area contributed by atoms with Crippen LogP contribution in [0.3, 0.4) is 0 Å². The zero-order valence-corrected chi connectivity index (χ0v) is 13.4. The molecular formula is C16H25ClN2O2. The molecule has 1 atom stereocenters. The van der Waals surface area contributed by atoms with E-state index in [4.69, 9.17) is 4.74 Å². The average molecular weight is 313 g/mol. The van der Waals surface area contributed by atoms with Gasteiger partial charge in [0.1, 0.15) is 5.75 Å². The summed E-state index contributed by atoms with van der Waals surface area (Å²) in [6, 6.07) is 7.29. The Labute approximate surface area is 133 Å². The lowest BCUT2D eigenvalue weighted by atomic mass is 9.96. The second kappa shape index (κ2) is 9.64. The molecule has 1 heterocycles. The van der Waals surface area contributed by atoms with E-state index in [0.29, 0.717) is 18.1 Å². The zero-order chi connectivity index (χ0) is 14.2. The maximum atomic E-state index is 12.0. The van der Waals surface area contributed by atoms with Crippen LogP contribution in [-0.2, 0) is 0 Å². The number of hydrogen-bond acceptors (Lipinski definition) is 3. The van der Waals surface area contributed by atoms with Gasteiger partial charge in [-0.2, -0.15) is 0 Å². The van der Waals surface area contributed by atoms with E-state index < -0.39 is 0 Å². The van der Waals surface area contributed by atoms with Gasteiger partial charge in [-0.15, -0.1) is 12.4 Å². The van der Waals surface area contributed by atoms with Gasteiger partial charge in [-0.25, -0.2) is 0 Å². The highest BCUT2D eigenvalue weighted by molar-refractivity contribution is 5.94. The van der Waals surface area contributed by atoms with Crippen LogP contribution in [0.4, 0.5) is 0 Å². The van der Waals surface area contributed by atoms with Gasteiger partial charge in [-0.3, -0.25) is 4.79 Å². The number of hydrogen-bond donors (Lipinski definition) is 2. The topological polar surface area (TPSA) is 50.4 Å². The van der Waals surface area contributed by atoms with Crippen molar-refractivity contribution in [3.8, 4) is 5.75 Å². The van der Waals surface area contributed by atoms with Crippen LogP contribution < -0.4 is 15.4 Å². The molecule has 5 heteroatoms. The summed E-state index contributed by atoms with van der Waals surface area (Å²) in [6.07, 6.45) is 3.57. The van der Waals surface area contributed by atoms with Crippen LogP contribution in [0, 0.1) is 5.92 Å². The third-order valence-corrected chi connectivity index (χ3v) is 3.66. The third kappa shape index (κ3) is 5.94. The molecular weight excluding hydrogens is 288 g/mol. The van der Waals surface area contributed by atoms with Gasteiger partial charge in [0.15, 0.2) is 0 Å². The fourth-order valence-corrected chi connectivity index (χ4v) is 2.53. The van der Waals surface area contributed by atoms with E-state index in [2.05, 4.69) is 10.6 Å². The van der Waals surface area contributed by atoms with Gasteiger partial charge in [0.2, 0.25) is 0 Å². The first-order valence-corrected chi connectivity index (χ1v) is 7.51. The minimum atomic E-state index is -0.00295. The van der Waals surface area contributed by atoms with E-state index in [1.807, 2.05) is 31.2 Å². The highest BCUT2D eigenvalue weighted by Gasteiger charge is 2.13. The van der Waals surface area contributed by atoms with Crippen molar-refractivity contribution in [2.45, 2.75) is 26.2 Å². The second-order valence-electron chi connectivity index (χ2n) is 5.21. The minimum Gasteiger partial charge on any atom is -0.494 e. The summed E-state index contributed by atoms with van der Waals surface area (Å²) in [7, 11) is 0. The molecule has 1 aromatic carbocycles. The van der Waals surface area contributed by atoms with Crippen molar-refractivity contribution in [2.75, 3.05) is 26.2 Å². The molecule has 1 amide bonds. The number of carbonyl (C=O) groups excluding carboxylic acids is 1. The first-order valence-electron chi connectivity index (χ1n) is 7.51. The molecule has 1 aliphatic rings. The Morgan fingerprint density at radius 2 is 2.14 bits per heavy atom. The van der Waals surface area contributed by atoms with Crippen molar-refractivity contribution in [3.05, 3.63) is 29.8 Å². The fourth-order valence-electron chi connectivity index (χ4n) is 2.53. The van der Waals surface area contributed by atoms with Crippen LogP contribution >= 0.6 is 12.4 Å². The van der Waals surface area contributed by atoms with Gasteiger partial charge in [-0.1, -0.05) is 0 Å². The summed E-state index contributed by atoms with van der Waals surface area (Å²) in [5.41, 5.74) is 0.690. The number of rotatable bonds is 6. The van der Waals surface area contributed by atoms with Gasteiger partial charge < -0.3 is 15.4 Å². The Balaban J connectivity index is 0.00000220. The summed E-state index contributed by atoms with van der Waals surface area (Å²) in [4.78, 5) is 12.0. The maximum absolute atomic E-state index is 12.0. The molecule has 1 fully saturated rings. The Kier molecular flexibility index (Phi) is 8.16. The predicted octanol–water partition coefficient (Wildman–Crippen LogP) is 2.63. The van der Waals surface area contributed by atoms with Crippen molar-refractivity contribution in [2.24, 2.45) is 5.92 Å². The first-order chi connectivity index (χ1) is 9.79. The standard InChI is InChI=1S/C16H24N2O2.ClH/c1-2-20-15-7-5-14(6-8-15)16(19)18-11-9-13-4-3-10-17-12-13;/h5-8,13,17H,2-4,9-12H2,1H3,(H,18,19);1H. The molecule has 21 heavy (non-hydrogen) atoms. The summed E-state index contributed by atoms with van der Waals surface area (Å²) in [5.74, 6) is 1.50. The third-order valence-electron chi connectivity index (χ3n) is 3.66. The van der Waals surface area contributed by atoms with Crippen LogP contribution in [-0.4, -0.2) is 32.1 Å². The summed E-state index contributed by atoms with van der Waals surface area (Å²) in [5, 5.41) is 6.39. The lowest BCUT2D eigenvalue weighted by Gasteiger charge is -2.22. The van der Waals surface area contributed by atoms with Crippen molar-refractivity contribution in [1.29, 1.82) is 0 Å². The molecule has 0 aromatic heterocycles. The smallest absolute Gasteiger partial charge is 0.251 e. The molecule has 118 valence electrons. The zero-order valence-electron chi connectivity index (χ0n) is 12.6. The van der Waals surface area contributed by atoms with E-state index in [9.17, 15) is 4.79 Å². The lowest BCUT2D eigenvalue weighted by Crippen LogP contribution is -2.33. The average Bonchev–Trinajstić information content (AvgIpc) is 2.49. The monoisotopic (exact) mass is 312 g/mol. The molecule has 1 saturated heterocycles. The summed E-state index contributed by atoms with van der Waals surface area (Å²) < 4.78 is 5.36. The maximum Gasteiger partial charge on any atom is 0.251 e. The SMILES string of the molecule is CCOc1ccc(C(=O)NCCC2CCCNC2)cc1.Cl. The molecule has 4 nitrogen and oxygen atoms in total. The molecule has 0 spiro atoms. The molecule has 2 N–H and O–H groups in total. The molecule has 1 aromatic rings. The van der Waals surface area contributed by atoms with E-state index >= 15 is 0 Å². The second-order valence-corrected chi connectivity index (χ2v) is 5.21. The number of amides is 1. The molecule has 0 aliphatic carbocycles. The summed E-state index contributed by atoms with van der Waals surface area (Å²) in [6.45, 7) is 5.55. The summed E-state index contributed by atoms with van der Waals surface area (Å²) >= 11 is 0. The number of halogens is 1. The highest BCUT2D eigenvalue weighted by atomic mass is 35.5. The van der Waals surface area contributed by atoms with Crippen LogP contribution in [0.15, 0.2) is 24.3 Å². The number of piperidine rings is 1. The van der Waals surface area contributed by atoms with Gasteiger partial charge >= 0.3 is 0 Å². The Morgan fingerprint density at radius 1 is 1.38 bits per heavy atom. The van der Waals surface area contributed by atoms with Gasteiger partial charge in [0.05, 0.1) is 6.61 Å². The Hall–Kier alpha value is -1.26. The van der Waals surface area contributed by atoms with Gasteiger partial charge in [0.25, 0.3) is 5.91 Å². The number of carbonyl (C=O) groups is 1. The van der Waals surface area contributed by atoms with E-state index in [-0.39, 0.29) is 18.3 Å². The van der Waals surface area contributed by atoms with Crippen molar-refractivity contribution in [3.63, 3.8) is 0 Å². The van der Waals surface area contributed by atoms with Crippen molar-refractivity contribution >= 4 is 18.3 Å². The van der Waals surface area contributed by atoms with Gasteiger partial charge in [-0.05, 0) is 69.5 Å². The van der Waals surface area contributed by atoms with Crippen LogP contribution in [0.2, 0.25) is 0 Å². The van der Waals surface area contributed by atoms with Gasteiger partial charge in [0, 0.05) is 12.1 Å². The molecule has 1 aliphatic heterocycles. The number of benzene rings is 1. The van der Waals surface area contributed by atoms with Crippen LogP contribution in [0.5, 0.6) is 5.75 Å². The molecule has 2 rings (SSSR count). The molecule has 0 radical (unpaired) electrons. The predicted molar refractivity (Wildman–Crippen MR) is 87.4 cm³/mol. The Bertz CT molecular complexity index is 417. The van der Waals surface area contributed by atoms with Crippen molar-refractivity contribution in [1.82, 2.24) is 10.6 Å². The van der Waals surface area contributed by atoms with E-state index in [1.165, 1.54) is 12.8 Å². The number of nitrogens with one attached hydrogen (secondary N) is 2. The highest BCUT2D eigenvalue weighted by Crippen LogP contribution is 2.14. The quantitative estimate of drug-likeness (QED) is 0.849. The van der Waals surface area contributed by atoms with E-state index in [1.54, 1.807) is 0 Å². The fraction of sp³-hybridized carbons (Fsp3) is 0.562. The van der Waals surface area contributed by atoms with E-state index in [0.717, 1.165) is 31.8 Å². The van der Waals surface area contributed by atoms with Crippen molar-refractivity contribution < 1.29 is 9.53 Å². The molecule has 1 unspecified atom stereocenters. The lowest BCUT2D eigenvalue weighted by molar-refractivity contribution is 0.0950. The number of ether oxygens (including phenoxy) is 1. The molecule has 0 bridgehead atoms. The normalized spacial score (nSPS) is 17.7. The Morgan fingerprint density at radius 3 is 2.76 bits per heavy atom. The largest absolute Gasteiger partial charge is 0.494 e. The molecule has 0 saturated carbocycles. The van der Waals surface area contributed by atoms with Crippen LogP contribution in [0.25, 0.3) is 0 Å². The first kappa shape index (κ1) is 17.8.